The molecular formula is C24H21ClN2. The van der Waals surface area contributed by atoms with Crippen LogP contribution in [-0.4, -0.2) is 11.5 Å². The van der Waals surface area contributed by atoms with Gasteiger partial charge in [0.2, 0.25) is 0 Å². The Morgan fingerprint density at radius 3 is 2.52 bits per heavy atom. The lowest BCUT2D eigenvalue weighted by Gasteiger charge is -2.10. The summed E-state index contributed by atoms with van der Waals surface area (Å²) in [5.74, 6) is 0. The van der Waals surface area contributed by atoms with Gasteiger partial charge in [0.05, 0.1) is 0 Å². The van der Waals surface area contributed by atoms with Gasteiger partial charge < -0.3 is 5.32 Å². The molecule has 4 rings (SSSR count). The van der Waals surface area contributed by atoms with Gasteiger partial charge in [0.1, 0.15) is 5.15 Å². The number of fused-ring (bicyclic) bond motifs is 1. The molecule has 1 heterocycles. The van der Waals surface area contributed by atoms with E-state index < -0.39 is 0 Å². The van der Waals surface area contributed by atoms with Gasteiger partial charge in [-0.15, -0.1) is 0 Å². The first kappa shape index (κ1) is 17.7. The molecule has 134 valence electrons. The molecule has 0 bridgehead atoms. The van der Waals surface area contributed by atoms with E-state index in [-0.39, 0.29) is 0 Å². The predicted octanol–water partition coefficient (Wildman–Crippen LogP) is 5.89. The zero-order valence-corrected chi connectivity index (χ0v) is 15.8. The third kappa shape index (κ3) is 4.19. The quantitative estimate of drug-likeness (QED) is 0.337. The van der Waals surface area contributed by atoms with Crippen LogP contribution in [0, 0.1) is 0 Å². The summed E-state index contributed by atoms with van der Waals surface area (Å²) >= 11 is 6.36. The number of pyridine rings is 1. The fourth-order valence-corrected chi connectivity index (χ4v) is 3.54. The molecule has 0 aliphatic rings. The zero-order chi connectivity index (χ0) is 18.5. The van der Waals surface area contributed by atoms with Gasteiger partial charge in [0.15, 0.2) is 0 Å². The van der Waals surface area contributed by atoms with E-state index in [2.05, 4.69) is 83.1 Å². The Balaban J connectivity index is 1.51. The highest BCUT2D eigenvalue weighted by Gasteiger charge is 2.08. The Morgan fingerprint density at radius 1 is 0.852 bits per heavy atom. The highest BCUT2D eigenvalue weighted by Crippen LogP contribution is 2.30. The lowest BCUT2D eigenvalue weighted by Crippen LogP contribution is -2.16. The summed E-state index contributed by atoms with van der Waals surface area (Å²) in [5, 5.41) is 6.53. The van der Waals surface area contributed by atoms with Crippen molar-refractivity contribution >= 4 is 22.4 Å². The summed E-state index contributed by atoms with van der Waals surface area (Å²) in [6, 6.07) is 27.4. The maximum absolute atomic E-state index is 6.36. The monoisotopic (exact) mass is 372 g/mol. The highest BCUT2D eigenvalue weighted by atomic mass is 35.5. The minimum atomic E-state index is 0.584. The van der Waals surface area contributed by atoms with Crippen molar-refractivity contribution in [2.24, 2.45) is 0 Å². The van der Waals surface area contributed by atoms with Crippen LogP contribution in [0.15, 0.2) is 85.1 Å². The molecule has 4 aromatic rings. The second-order valence-electron chi connectivity index (χ2n) is 6.61. The maximum atomic E-state index is 6.36. The van der Waals surface area contributed by atoms with Crippen LogP contribution >= 0.6 is 11.6 Å². The van der Waals surface area contributed by atoms with Crippen molar-refractivity contribution in [1.82, 2.24) is 10.3 Å². The number of nitrogens with one attached hydrogen (secondary N) is 1. The van der Waals surface area contributed by atoms with Gasteiger partial charge in [0, 0.05) is 18.3 Å². The Bertz CT molecular complexity index is 1040. The van der Waals surface area contributed by atoms with Gasteiger partial charge in [-0.25, -0.2) is 4.98 Å². The van der Waals surface area contributed by atoms with E-state index in [1.54, 1.807) is 0 Å². The molecule has 1 N–H and O–H groups in total. The van der Waals surface area contributed by atoms with Crippen LogP contribution in [0.25, 0.3) is 21.9 Å². The van der Waals surface area contributed by atoms with Crippen molar-refractivity contribution < 1.29 is 0 Å². The fourth-order valence-electron chi connectivity index (χ4n) is 3.35. The SMILES string of the molecule is Clc1ncc(-c2cccc3ccccc23)cc1CCNCc1ccccc1. The molecule has 0 aliphatic carbocycles. The molecule has 27 heavy (non-hydrogen) atoms. The Morgan fingerprint density at radius 2 is 1.63 bits per heavy atom. The summed E-state index contributed by atoms with van der Waals surface area (Å²) in [7, 11) is 0. The Labute approximate surface area is 164 Å². The predicted molar refractivity (Wildman–Crippen MR) is 114 cm³/mol. The largest absolute Gasteiger partial charge is 0.312 e. The van der Waals surface area contributed by atoms with Gasteiger partial charge in [-0.1, -0.05) is 84.4 Å². The van der Waals surface area contributed by atoms with Gasteiger partial charge in [-0.3, -0.25) is 0 Å². The molecule has 0 spiro atoms. The van der Waals surface area contributed by atoms with E-state index in [4.69, 9.17) is 11.6 Å². The number of hydrogen-bond donors (Lipinski definition) is 1. The molecule has 0 amide bonds. The van der Waals surface area contributed by atoms with Crippen molar-refractivity contribution in [2.75, 3.05) is 6.54 Å². The van der Waals surface area contributed by atoms with E-state index in [0.29, 0.717) is 5.15 Å². The van der Waals surface area contributed by atoms with Gasteiger partial charge in [-0.05, 0) is 46.5 Å². The molecular weight excluding hydrogens is 352 g/mol. The van der Waals surface area contributed by atoms with Crippen molar-refractivity contribution in [1.29, 1.82) is 0 Å². The molecule has 0 saturated carbocycles. The zero-order valence-electron chi connectivity index (χ0n) is 15.0. The Kier molecular flexibility index (Phi) is 5.47. The van der Waals surface area contributed by atoms with Crippen molar-refractivity contribution in [3.05, 3.63) is 101 Å². The summed E-state index contributed by atoms with van der Waals surface area (Å²) in [5.41, 5.74) is 4.65. The minimum absolute atomic E-state index is 0.584. The number of rotatable bonds is 6. The van der Waals surface area contributed by atoms with Crippen LogP contribution < -0.4 is 5.32 Å². The second-order valence-corrected chi connectivity index (χ2v) is 6.97. The third-order valence-electron chi connectivity index (χ3n) is 4.76. The average molecular weight is 373 g/mol. The van der Waals surface area contributed by atoms with Crippen molar-refractivity contribution in [2.45, 2.75) is 13.0 Å². The molecule has 2 nitrogen and oxygen atoms in total. The highest BCUT2D eigenvalue weighted by molar-refractivity contribution is 6.30. The maximum Gasteiger partial charge on any atom is 0.132 e. The molecule has 0 atom stereocenters. The fraction of sp³-hybridized carbons (Fsp3) is 0.125. The van der Waals surface area contributed by atoms with Gasteiger partial charge >= 0.3 is 0 Å². The Hall–Kier alpha value is -2.68. The molecule has 0 saturated heterocycles. The first-order valence-corrected chi connectivity index (χ1v) is 9.56. The van der Waals surface area contributed by atoms with Gasteiger partial charge in [0.25, 0.3) is 0 Å². The number of hydrogen-bond acceptors (Lipinski definition) is 2. The minimum Gasteiger partial charge on any atom is -0.312 e. The molecule has 0 radical (unpaired) electrons. The lowest BCUT2D eigenvalue weighted by atomic mass is 9.98. The van der Waals surface area contributed by atoms with Crippen molar-refractivity contribution in [3.8, 4) is 11.1 Å². The second kappa shape index (κ2) is 8.34. The normalized spacial score (nSPS) is 11.0. The van der Waals surface area contributed by atoms with Crippen LogP contribution in [0.4, 0.5) is 0 Å². The number of nitrogens with zero attached hydrogens (tertiary/aromatic N) is 1. The van der Waals surface area contributed by atoms with E-state index in [9.17, 15) is 0 Å². The molecule has 0 unspecified atom stereocenters. The van der Waals surface area contributed by atoms with Crippen molar-refractivity contribution in [3.63, 3.8) is 0 Å². The van der Waals surface area contributed by atoms with Crippen LogP contribution in [-0.2, 0) is 13.0 Å². The standard InChI is InChI=1S/C24H21ClN2/c25-24-20(13-14-26-16-18-7-2-1-3-8-18)15-21(17-27-24)23-12-6-10-19-9-4-5-11-22(19)23/h1-12,15,17,26H,13-14,16H2. The van der Waals surface area contributed by atoms with Crippen LogP contribution in [0.5, 0.6) is 0 Å². The molecule has 3 aromatic carbocycles. The van der Waals surface area contributed by atoms with E-state index in [1.807, 2.05) is 12.3 Å². The first-order chi connectivity index (χ1) is 13.3. The summed E-state index contributed by atoms with van der Waals surface area (Å²) in [4.78, 5) is 4.44. The topological polar surface area (TPSA) is 24.9 Å². The van der Waals surface area contributed by atoms with Crippen LogP contribution in [0.2, 0.25) is 5.15 Å². The summed E-state index contributed by atoms with van der Waals surface area (Å²) < 4.78 is 0. The van der Waals surface area contributed by atoms with Crippen LogP contribution in [0.1, 0.15) is 11.1 Å². The molecule has 1 aromatic heterocycles. The van der Waals surface area contributed by atoms with E-state index in [0.717, 1.165) is 30.6 Å². The summed E-state index contributed by atoms with van der Waals surface area (Å²) in [6.45, 7) is 1.71. The molecule has 0 aliphatic heterocycles. The molecule has 0 fully saturated rings. The first-order valence-electron chi connectivity index (χ1n) is 9.18. The smallest absolute Gasteiger partial charge is 0.132 e. The summed E-state index contributed by atoms with van der Waals surface area (Å²) in [6.07, 6.45) is 2.71. The lowest BCUT2D eigenvalue weighted by molar-refractivity contribution is 0.686. The van der Waals surface area contributed by atoms with Gasteiger partial charge in [-0.2, -0.15) is 0 Å². The van der Waals surface area contributed by atoms with E-state index >= 15 is 0 Å². The number of halogens is 1. The van der Waals surface area contributed by atoms with E-state index in [1.165, 1.54) is 21.9 Å². The molecule has 3 heteroatoms. The van der Waals surface area contributed by atoms with Crippen LogP contribution in [0.3, 0.4) is 0 Å². The average Bonchev–Trinajstić information content (AvgIpc) is 2.73. The number of aromatic nitrogens is 1. The number of benzene rings is 3. The third-order valence-corrected chi connectivity index (χ3v) is 5.10.